The van der Waals surface area contributed by atoms with Gasteiger partial charge in [-0.2, -0.15) is 0 Å². The van der Waals surface area contributed by atoms with E-state index in [1.54, 1.807) is 12.1 Å². The van der Waals surface area contributed by atoms with Gasteiger partial charge in [0, 0.05) is 4.47 Å². The van der Waals surface area contributed by atoms with Crippen LogP contribution >= 0.6 is 15.9 Å². The third-order valence-electron chi connectivity index (χ3n) is 2.25. The number of nitrogen functional groups attached to an aromatic ring is 1. The molecule has 3 nitrogen and oxygen atoms in total. The van der Waals surface area contributed by atoms with E-state index in [1.807, 2.05) is 18.2 Å². The zero-order chi connectivity index (χ0) is 11.0. The van der Waals surface area contributed by atoms with Crippen LogP contribution in [0.1, 0.15) is 10.4 Å². The van der Waals surface area contributed by atoms with Crippen LogP contribution in [-0.4, -0.2) is 11.1 Å². The van der Waals surface area contributed by atoms with Crippen molar-refractivity contribution in [3.63, 3.8) is 0 Å². The Labute approximate surface area is 94.6 Å². The Hall–Kier alpha value is -1.55. The summed E-state index contributed by atoms with van der Waals surface area (Å²) in [6.07, 6.45) is 0. The molecule has 0 aromatic heterocycles. The molecule has 0 fully saturated rings. The molecule has 0 aliphatic rings. The molecule has 0 saturated heterocycles. The third-order valence-corrected chi connectivity index (χ3v) is 2.91. The predicted octanol–water partition coefficient (Wildman–Crippen LogP) is 2.88. The second-order valence-electron chi connectivity index (χ2n) is 3.17. The van der Waals surface area contributed by atoms with Gasteiger partial charge in [0.2, 0.25) is 0 Å². The fourth-order valence-electron chi connectivity index (χ4n) is 1.56. The smallest absolute Gasteiger partial charge is 0.338 e. The second-order valence-corrected chi connectivity index (χ2v) is 4.03. The Morgan fingerprint density at radius 2 is 2.00 bits per heavy atom. The lowest BCUT2D eigenvalue weighted by molar-refractivity contribution is 0.0700. The maximum absolute atomic E-state index is 11.1. The number of rotatable bonds is 1. The number of nitrogens with two attached hydrogens (primary N) is 1. The summed E-state index contributed by atoms with van der Waals surface area (Å²) in [5, 5.41) is 10.6. The Balaban J connectivity index is 2.95. The molecule has 2 aromatic rings. The highest BCUT2D eigenvalue weighted by Crippen LogP contribution is 2.31. The standard InChI is InChI=1S/C11H8BrNO2/c12-8-5-6-3-1-2-4-7(6)9(10(8)13)11(14)15/h1-5H,13H2,(H,14,15). The molecule has 2 aromatic carbocycles. The van der Waals surface area contributed by atoms with Crippen molar-refractivity contribution in [2.75, 3.05) is 5.73 Å². The number of aromatic carboxylic acids is 1. The monoisotopic (exact) mass is 265 g/mol. The van der Waals surface area contributed by atoms with Gasteiger partial charge in [0.1, 0.15) is 0 Å². The average molecular weight is 266 g/mol. The van der Waals surface area contributed by atoms with Gasteiger partial charge in [-0.25, -0.2) is 4.79 Å². The van der Waals surface area contributed by atoms with E-state index in [-0.39, 0.29) is 11.3 Å². The summed E-state index contributed by atoms with van der Waals surface area (Å²) >= 11 is 3.25. The minimum Gasteiger partial charge on any atom is -0.478 e. The molecule has 0 saturated carbocycles. The molecule has 0 atom stereocenters. The Morgan fingerprint density at radius 1 is 1.33 bits per heavy atom. The number of carboxylic acid groups (broad SMARTS) is 1. The van der Waals surface area contributed by atoms with Crippen LogP contribution in [0.2, 0.25) is 0 Å². The number of carbonyl (C=O) groups is 1. The number of hydrogen-bond acceptors (Lipinski definition) is 2. The van der Waals surface area contributed by atoms with Gasteiger partial charge in [0.05, 0.1) is 11.3 Å². The number of anilines is 1. The van der Waals surface area contributed by atoms with E-state index in [0.29, 0.717) is 9.86 Å². The molecule has 0 amide bonds. The van der Waals surface area contributed by atoms with E-state index in [2.05, 4.69) is 15.9 Å². The maximum atomic E-state index is 11.1. The highest BCUT2D eigenvalue weighted by atomic mass is 79.9. The zero-order valence-corrected chi connectivity index (χ0v) is 9.28. The van der Waals surface area contributed by atoms with Crippen LogP contribution in [0.4, 0.5) is 5.69 Å². The first-order valence-corrected chi connectivity index (χ1v) is 5.10. The molecule has 0 aliphatic carbocycles. The highest BCUT2D eigenvalue weighted by molar-refractivity contribution is 9.10. The summed E-state index contributed by atoms with van der Waals surface area (Å²) in [5.74, 6) is -1.01. The van der Waals surface area contributed by atoms with Crippen molar-refractivity contribution < 1.29 is 9.90 Å². The molecule has 76 valence electrons. The molecular weight excluding hydrogens is 258 g/mol. The van der Waals surface area contributed by atoms with Gasteiger partial charge in [0.25, 0.3) is 0 Å². The normalized spacial score (nSPS) is 10.5. The van der Waals surface area contributed by atoms with Crippen LogP contribution in [-0.2, 0) is 0 Å². The Morgan fingerprint density at radius 3 is 2.67 bits per heavy atom. The SMILES string of the molecule is Nc1c(Br)cc2ccccc2c1C(=O)O. The Kier molecular flexibility index (Phi) is 2.36. The second kappa shape index (κ2) is 3.55. The maximum Gasteiger partial charge on any atom is 0.338 e. The number of halogens is 1. The van der Waals surface area contributed by atoms with Crippen LogP contribution in [0, 0.1) is 0 Å². The number of carboxylic acids is 1. The molecule has 0 unspecified atom stereocenters. The van der Waals surface area contributed by atoms with Crippen LogP contribution in [0.5, 0.6) is 0 Å². The molecule has 0 radical (unpaired) electrons. The fraction of sp³-hybridized carbons (Fsp3) is 0. The highest BCUT2D eigenvalue weighted by Gasteiger charge is 2.14. The minimum atomic E-state index is -1.01. The molecule has 0 bridgehead atoms. The first-order valence-electron chi connectivity index (χ1n) is 4.31. The molecule has 2 rings (SSSR count). The topological polar surface area (TPSA) is 63.3 Å². The third kappa shape index (κ3) is 1.57. The summed E-state index contributed by atoms with van der Waals surface area (Å²) in [6.45, 7) is 0. The van der Waals surface area contributed by atoms with E-state index in [9.17, 15) is 4.79 Å². The van der Waals surface area contributed by atoms with Crippen molar-refractivity contribution in [3.8, 4) is 0 Å². The van der Waals surface area contributed by atoms with Crippen molar-refractivity contribution in [1.29, 1.82) is 0 Å². The predicted molar refractivity (Wildman–Crippen MR) is 63.0 cm³/mol. The van der Waals surface area contributed by atoms with E-state index in [0.717, 1.165) is 5.39 Å². The summed E-state index contributed by atoms with van der Waals surface area (Å²) in [7, 11) is 0. The van der Waals surface area contributed by atoms with Gasteiger partial charge in [-0.3, -0.25) is 0 Å². The molecule has 0 heterocycles. The minimum absolute atomic E-state index is 0.153. The zero-order valence-electron chi connectivity index (χ0n) is 7.70. The first kappa shape index (κ1) is 9.98. The van der Waals surface area contributed by atoms with Crippen LogP contribution < -0.4 is 5.73 Å². The van der Waals surface area contributed by atoms with Crippen LogP contribution in [0.25, 0.3) is 10.8 Å². The lowest BCUT2D eigenvalue weighted by Crippen LogP contribution is -2.04. The molecule has 4 heteroatoms. The summed E-state index contributed by atoms with van der Waals surface area (Å²) in [4.78, 5) is 11.1. The van der Waals surface area contributed by atoms with Gasteiger partial charge in [-0.05, 0) is 32.8 Å². The van der Waals surface area contributed by atoms with Gasteiger partial charge in [-0.15, -0.1) is 0 Å². The summed E-state index contributed by atoms with van der Waals surface area (Å²) in [5.41, 5.74) is 6.14. The first-order chi connectivity index (χ1) is 7.11. The van der Waals surface area contributed by atoms with Crippen LogP contribution in [0.15, 0.2) is 34.8 Å². The van der Waals surface area contributed by atoms with Crippen LogP contribution in [0.3, 0.4) is 0 Å². The quantitative estimate of drug-likeness (QED) is 0.780. The number of hydrogen-bond donors (Lipinski definition) is 2. The molecular formula is C11H8BrNO2. The van der Waals surface area contributed by atoms with Crippen molar-refractivity contribution in [2.45, 2.75) is 0 Å². The van der Waals surface area contributed by atoms with Crippen molar-refractivity contribution in [2.24, 2.45) is 0 Å². The van der Waals surface area contributed by atoms with Gasteiger partial charge >= 0.3 is 5.97 Å². The van der Waals surface area contributed by atoms with Crippen molar-refractivity contribution in [3.05, 3.63) is 40.4 Å². The van der Waals surface area contributed by atoms with E-state index >= 15 is 0 Å². The van der Waals surface area contributed by atoms with Gasteiger partial charge in [-0.1, -0.05) is 24.3 Å². The molecule has 0 aliphatic heterocycles. The lowest BCUT2D eigenvalue weighted by Gasteiger charge is -2.07. The van der Waals surface area contributed by atoms with E-state index in [4.69, 9.17) is 10.8 Å². The van der Waals surface area contributed by atoms with Gasteiger partial charge < -0.3 is 10.8 Å². The van der Waals surface area contributed by atoms with Crippen molar-refractivity contribution in [1.82, 2.24) is 0 Å². The fourth-order valence-corrected chi connectivity index (χ4v) is 2.00. The largest absolute Gasteiger partial charge is 0.478 e. The lowest BCUT2D eigenvalue weighted by atomic mass is 10.0. The average Bonchev–Trinajstić information content (AvgIpc) is 2.19. The Bertz CT molecular complexity index is 552. The molecule has 0 spiro atoms. The summed E-state index contributed by atoms with van der Waals surface area (Å²) < 4.78 is 0.610. The van der Waals surface area contributed by atoms with Gasteiger partial charge in [0.15, 0.2) is 0 Å². The molecule has 3 N–H and O–H groups in total. The van der Waals surface area contributed by atoms with E-state index in [1.165, 1.54) is 0 Å². The number of benzene rings is 2. The van der Waals surface area contributed by atoms with Crippen molar-refractivity contribution >= 4 is 38.4 Å². The summed E-state index contributed by atoms with van der Waals surface area (Å²) in [6, 6.07) is 9.07. The molecule has 15 heavy (non-hydrogen) atoms. The van der Waals surface area contributed by atoms with E-state index < -0.39 is 5.97 Å². The number of fused-ring (bicyclic) bond motifs is 1.